The fourth-order valence-corrected chi connectivity index (χ4v) is 0.316. The van der Waals surface area contributed by atoms with E-state index in [4.69, 9.17) is 5.84 Å². The highest BCUT2D eigenvalue weighted by molar-refractivity contribution is 5.85. The number of halogens is 1. The quantitative estimate of drug-likeness (QED) is 0.357. The molecule has 0 saturated heterocycles. The minimum atomic E-state index is -0.509. The first kappa shape index (κ1) is 12.2. The van der Waals surface area contributed by atoms with Gasteiger partial charge in [-0.25, -0.2) is 15.6 Å². The largest absolute Gasteiger partial charge is 0.452 e. The molecule has 5 heteroatoms. The normalized spacial score (nSPS) is 8.50. The first-order chi connectivity index (χ1) is 4.09. The Morgan fingerprint density at radius 1 is 1.60 bits per heavy atom. The maximum absolute atomic E-state index is 10.5. The third-order valence-electron chi connectivity index (χ3n) is 0.942. The molecule has 0 saturated carbocycles. The molecule has 0 heterocycles. The second-order valence-electron chi connectivity index (χ2n) is 1.97. The molecule has 0 atom stereocenters. The molecule has 0 unspecified atom stereocenters. The highest BCUT2D eigenvalue weighted by Gasteiger charge is 2.10. The minimum absolute atomic E-state index is 0. The molecule has 0 bridgehead atoms. The molecule has 4 nitrogen and oxygen atoms in total. The lowest BCUT2D eigenvalue weighted by atomic mass is 10.4. The van der Waals surface area contributed by atoms with Gasteiger partial charge in [0.2, 0.25) is 0 Å². The summed E-state index contributed by atoms with van der Waals surface area (Å²) in [5.41, 5.74) is 0. The van der Waals surface area contributed by atoms with Crippen LogP contribution in [0.25, 0.3) is 0 Å². The van der Waals surface area contributed by atoms with Crippen LogP contribution in [0.4, 0.5) is 4.79 Å². The molecule has 62 valence electrons. The van der Waals surface area contributed by atoms with Crippen LogP contribution in [0.3, 0.4) is 0 Å². The van der Waals surface area contributed by atoms with Crippen molar-refractivity contribution in [1.29, 1.82) is 0 Å². The van der Waals surface area contributed by atoms with Crippen LogP contribution in [0, 0.1) is 0 Å². The molecule has 0 radical (unpaired) electrons. The van der Waals surface area contributed by atoms with Gasteiger partial charge in [0.25, 0.3) is 0 Å². The predicted molar refractivity (Wildman–Crippen MR) is 40.8 cm³/mol. The zero-order chi connectivity index (χ0) is 7.44. The number of hydrazine groups is 1. The van der Waals surface area contributed by atoms with E-state index in [0.29, 0.717) is 0 Å². The van der Waals surface area contributed by atoms with Gasteiger partial charge in [0.15, 0.2) is 0 Å². The van der Waals surface area contributed by atoms with Crippen LogP contribution in [-0.2, 0) is 4.74 Å². The summed E-state index contributed by atoms with van der Waals surface area (Å²) in [6.45, 7) is 3.60. The van der Waals surface area contributed by atoms with E-state index < -0.39 is 6.09 Å². The second kappa shape index (κ2) is 5.32. The van der Waals surface area contributed by atoms with Crippen LogP contribution in [0.1, 0.15) is 13.8 Å². The van der Waals surface area contributed by atoms with E-state index >= 15 is 0 Å². The summed E-state index contributed by atoms with van der Waals surface area (Å²) in [7, 11) is 1.30. The minimum Gasteiger partial charge on any atom is -0.452 e. The van der Waals surface area contributed by atoms with Gasteiger partial charge in [-0.1, -0.05) is 0 Å². The molecule has 0 spiro atoms. The molecule has 0 aliphatic heterocycles. The van der Waals surface area contributed by atoms with Crippen LogP contribution in [0.15, 0.2) is 0 Å². The van der Waals surface area contributed by atoms with Gasteiger partial charge in [0.05, 0.1) is 7.11 Å². The summed E-state index contributed by atoms with van der Waals surface area (Å²) in [5, 5.41) is 1.03. The maximum Gasteiger partial charge on any atom is 0.424 e. The summed E-state index contributed by atoms with van der Waals surface area (Å²) in [6.07, 6.45) is -0.509. The van der Waals surface area contributed by atoms with Crippen LogP contribution in [-0.4, -0.2) is 24.3 Å². The molecule has 1 amide bonds. The zero-order valence-corrected chi connectivity index (χ0v) is 7.14. The molecule has 0 aliphatic rings. The van der Waals surface area contributed by atoms with Crippen molar-refractivity contribution in [3.63, 3.8) is 0 Å². The van der Waals surface area contributed by atoms with Crippen molar-refractivity contribution in [2.24, 2.45) is 5.84 Å². The van der Waals surface area contributed by atoms with Crippen molar-refractivity contribution in [2.45, 2.75) is 19.9 Å². The highest BCUT2D eigenvalue weighted by atomic mass is 35.5. The van der Waals surface area contributed by atoms with Crippen LogP contribution < -0.4 is 5.84 Å². The lowest BCUT2D eigenvalue weighted by Gasteiger charge is -2.18. The van der Waals surface area contributed by atoms with E-state index in [1.807, 2.05) is 0 Å². The highest BCUT2D eigenvalue weighted by Crippen LogP contribution is 1.91. The Morgan fingerprint density at radius 2 is 2.00 bits per heavy atom. The first-order valence-electron chi connectivity index (χ1n) is 2.71. The van der Waals surface area contributed by atoms with E-state index in [0.717, 1.165) is 5.01 Å². The van der Waals surface area contributed by atoms with Crippen molar-refractivity contribution in [1.82, 2.24) is 5.01 Å². The first-order valence-corrected chi connectivity index (χ1v) is 2.71. The number of methoxy groups -OCH3 is 1. The van der Waals surface area contributed by atoms with Crippen molar-refractivity contribution >= 4 is 18.5 Å². The van der Waals surface area contributed by atoms with Gasteiger partial charge >= 0.3 is 6.09 Å². The number of ether oxygens (including phenoxy) is 1. The molecule has 0 fully saturated rings. The molecule has 0 rings (SSSR count). The summed E-state index contributed by atoms with van der Waals surface area (Å²) >= 11 is 0. The molecule has 10 heavy (non-hydrogen) atoms. The van der Waals surface area contributed by atoms with Gasteiger partial charge in [0, 0.05) is 6.04 Å². The number of nitrogens with two attached hydrogens (primary N) is 1. The van der Waals surface area contributed by atoms with Gasteiger partial charge in [-0.3, -0.25) is 0 Å². The number of amides is 1. The fraction of sp³-hybridized carbons (Fsp3) is 0.800. The Labute approximate surface area is 66.7 Å². The Balaban J connectivity index is 0. The summed E-state index contributed by atoms with van der Waals surface area (Å²) in [5.74, 6) is 5.23. The van der Waals surface area contributed by atoms with Gasteiger partial charge in [-0.2, -0.15) is 0 Å². The standard InChI is InChI=1S/C5H12N2O2.ClH/c1-4(2)7(6)5(8)9-3;/h4H,6H2,1-3H3;1H. The number of carbonyl (C=O) groups excluding carboxylic acids is 1. The number of carbonyl (C=O) groups is 1. The molecule has 2 N–H and O–H groups in total. The molecular weight excluding hydrogens is 156 g/mol. The molecule has 0 aromatic heterocycles. The lowest BCUT2D eigenvalue weighted by molar-refractivity contribution is 0.112. The van der Waals surface area contributed by atoms with E-state index in [1.54, 1.807) is 13.8 Å². The Morgan fingerprint density at radius 3 is 2.10 bits per heavy atom. The van der Waals surface area contributed by atoms with Crippen molar-refractivity contribution in [3.05, 3.63) is 0 Å². The monoisotopic (exact) mass is 168 g/mol. The van der Waals surface area contributed by atoms with Crippen molar-refractivity contribution < 1.29 is 9.53 Å². The van der Waals surface area contributed by atoms with E-state index in [-0.39, 0.29) is 18.4 Å². The van der Waals surface area contributed by atoms with Crippen molar-refractivity contribution in [2.75, 3.05) is 7.11 Å². The topological polar surface area (TPSA) is 55.6 Å². The van der Waals surface area contributed by atoms with E-state index in [2.05, 4.69) is 4.74 Å². The average Bonchev–Trinajstić information content (AvgIpc) is 1.84. The number of hydrogen-bond acceptors (Lipinski definition) is 3. The van der Waals surface area contributed by atoms with Crippen LogP contribution in [0.5, 0.6) is 0 Å². The average molecular weight is 169 g/mol. The third kappa shape index (κ3) is 3.53. The Bertz CT molecular complexity index is 108. The van der Waals surface area contributed by atoms with Gasteiger partial charge < -0.3 is 4.74 Å². The summed E-state index contributed by atoms with van der Waals surface area (Å²) in [4.78, 5) is 10.5. The predicted octanol–water partition coefficient (Wildman–Crippen LogP) is 0.759. The molecular formula is C5H13ClN2O2. The Hall–Kier alpha value is -0.480. The molecule has 0 aromatic rings. The van der Waals surface area contributed by atoms with E-state index in [9.17, 15) is 4.79 Å². The van der Waals surface area contributed by atoms with Gasteiger partial charge in [0.1, 0.15) is 0 Å². The van der Waals surface area contributed by atoms with Crippen LogP contribution >= 0.6 is 12.4 Å². The summed E-state index contributed by atoms with van der Waals surface area (Å²) in [6, 6.07) is -0.0163. The number of hydrogen-bond donors (Lipinski definition) is 1. The summed E-state index contributed by atoms with van der Waals surface area (Å²) < 4.78 is 4.34. The Kier molecular flexibility index (Phi) is 6.50. The SMILES string of the molecule is COC(=O)N(N)C(C)C.Cl. The third-order valence-corrected chi connectivity index (χ3v) is 0.942. The fourth-order valence-electron chi connectivity index (χ4n) is 0.316. The molecule has 0 aromatic carbocycles. The number of nitrogens with zero attached hydrogens (tertiary/aromatic N) is 1. The molecule has 0 aliphatic carbocycles. The smallest absolute Gasteiger partial charge is 0.424 e. The second-order valence-corrected chi connectivity index (χ2v) is 1.97. The van der Waals surface area contributed by atoms with Gasteiger partial charge in [-0.05, 0) is 13.8 Å². The van der Waals surface area contributed by atoms with E-state index in [1.165, 1.54) is 7.11 Å². The lowest BCUT2D eigenvalue weighted by Crippen LogP contribution is -2.42. The zero-order valence-electron chi connectivity index (χ0n) is 6.33. The number of rotatable bonds is 1. The van der Waals surface area contributed by atoms with Crippen LogP contribution in [0.2, 0.25) is 0 Å². The van der Waals surface area contributed by atoms with Gasteiger partial charge in [-0.15, -0.1) is 12.4 Å². The maximum atomic E-state index is 10.5. The van der Waals surface area contributed by atoms with Crippen molar-refractivity contribution in [3.8, 4) is 0 Å².